The minimum atomic E-state index is -0.954. The number of aryl methyl sites for hydroxylation is 1. The number of nitrogens with zero attached hydrogens (tertiary/aromatic N) is 1. The number of hydrogen-bond donors (Lipinski definition) is 2. The molecule has 0 spiro atoms. The fourth-order valence-electron chi connectivity index (χ4n) is 2.47. The zero-order valence-corrected chi connectivity index (χ0v) is 10.8. The van der Waals surface area contributed by atoms with Crippen LogP contribution in [0.5, 0.6) is 5.75 Å². The topological polar surface area (TPSA) is 77.8 Å². The Morgan fingerprint density at radius 3 is 2.68 bits per heavy atom. The first kappa shape index (κ1) is 13.4. The number of likely N-dealkylation sites (tertiary alicyclic amines) is 1. The highest BCUT2D eigenvalue weighted by molar-refractivity contribution is 5.98. The maximum Gasteiger partial charge on any atom is 0.326 e. The lowest BCUT2D eigenvalue weighted by atomic mass is 9.99. The third-order valence-corrected chi connectivity index (χ3v) is 3.49. The molecular formula is C14H17NO4. The van der Waals surface area contributed by atoms with Gasteiger partial charge in [-0.1, -0.05) is 0 Å². The average Bonchev–Trinajstić information content (AvgIpc) is 2.38. The third-order valence-electron chi connectivity index (χ3n) is 3.49. The molecule has 1 aromatic rings. The van der Waals surface area contributed by atoms with E-state index in [9.17, 15) is 19.8 Å². The Hall–Kier alpha value is -2.04. The number of aliphatic carboxylic acids is 1. The van der Waals surface area contributed by atoms with Gasteiger partial charge in [0.1, 0.15) is 11.8 Å². The highest BCUT2D eigenvalue weighted by Gasteiger charge is 2.32. The lowest BCUT2D eigenvalue weighted by molar-refractivity contribution is -0.143. The number of aromatic hydroxyl groups is 1. The number of benzene rings is 1. The molecule has 2 rings (SSSR count). The Morgan fingerprint density at radius 2 is 2.05 bits per heavy atom. The van der Waals surface area contributed by atoms with Crippen molar-refractivity contribution in [2.75, 3.05) is 6.54 Å². The molecule has 0 aromatic heterocycles. The van der Waals surface area contributed by atoms with E-state index in [2.05, 4.69) is 0 Å². The first-order chi connectivity index (χ1) is 9.00. The molecule has 1 aliphatic heterocycles. The van der Waals surface area contributed by atoms with Crippen molar-refractivity contribution in [3.05, 3.63) is 29.3 Å². The fourth-order valence-corrected chi connectivity index (χ4v) is 2.47. The number of amides is 1. The molecular weight excluding hydrogens is 246 g/mol. The van der Waals surface area contributed by atoms with E-state index in [1.54, 1.807) is 13.0 Å². The summed E-state index contributed by atoms with van der Waals surface area (Å²) in [5, 5.41) is 18.5. The number of phenolic OH excluding ortho intramolecular Hbond substituents is 1. The number of hydrogen-bond acceptors (Lipinski definition) is 3. The van der Waals surface area contributed by atoms with Crippen molar-refractivity contribution in [2.24, 2.45) is 0 Å². The quantitative estimate of drug-likeness (QED) is 0.852. The number of rotatable bonds is 2. The summed E-state index contributed by atoms with van der Waals surface area (Å²) in [6.07, 6.45) is 2.15. The van der Waals surface area contributed by atoms with Gasteiger partial charge in [-0.25, -0.2) is 4.79 Å². The Labute approximate surface area is 111 Å². The first-order valence-electron chi connectivity index (χ1n) is 6.34. The van der Waals surface area contributed by atoms with Gasteiger partial charge in [0.25, 0.3) is 5.91 Å². The summed E-state index contributed by atoms with van der Waals surface area (Å²) in [5.74, 6) is -1.13. The van der Waals surface area contributed by atoms with E-state index in [0.29, 0.717) is 24.1 Å². The summed E-state index contributed by atoms with van der Waals surface area (Å²) in [6, 6.07) is 3.75. The monoisotopic (exact) mass is 263 g/mol. The molecule has 0 saturated carbocycles. The van der Waals surface area contributed by atoms with Gasteiger partial charge in [0.15, 0.2) is 0 Å². The van der Waals surface area contributed by atoms with Gasteiger partial charge in [0.2, 0.25) is 0 Å². The molecule has 0 aliphatic carbocycles. The molecule has 5 heteroatoms. The molecule has 1 amide bonds. The van der Waals surface area contributed by atoms with Gasteiger partial charge in [0.05, 0.1) is 0 Å². The predicted octanol–water partition coefficient (Wildman–Crippen LogP) is 1.78. The maximum absolute atomic E-state index is 12.4. The lowest BCUT2D eigenvalue weighted by Crippen LogP contribution is -2.48. The van der Waals surface area contributed by atoms with Gasteiger partial charge in [-0.2, -0.15) is 0 Å². The van der Waals surface area contributed by atoms with Crippen LogP contribution in [0, 0.1) is 6.92 Å². The molecule has 1 atom stereocenters. The van der Waals surface area contributed by atoms with Crippen molar-refractivity contribution in [1.29, 1.82) is 0 Å². The summed E-state index contributed by atoms with van der Waals surface area (Å²) in [7, 11) is 0. The number of carbonyl (C=O) groups excluding carboxylic acids is 1. The van der Waals surface area contributed by atoms with Crippen molar-refractivity contribution in [1.82, 2.24) is 4.90 Å². The minimum Gasteiger partial charge on any atom is -0.508 e. The maximum atomic E-state index is 12.4. The van der Waals surface area contributed by atoms with Gasteiger partial charge >= 0.3 is 5.97 Å². The van der Waals surface area contributed by atoms with Crippen molar-refractivity contribution in [3.8, 4) is 5.75 Å². The van der Waals surface area contributed by atoms with Crippen molar-refractivity contribution >= 4 is 11.9 Å². The molecule has 102 valence electrons. The zero-order chi connectivity index (χ0) is 14.0. The SMILES string of the molecule is Cc1cc(O)ccc1C(=O)N1CCCCC1C(=O)O. The Morgan fingerprint density at radius 1 is 1.32 bits per heavy atom. The molecule has 0 bridgehead atoms. The largest absolute Gasteiger partial charge is 0.508 e. The van der Waals surface area contributed by atoms with Crippen molar-refractivity contribution in [3.63, 3.8) is 0 Å². The second kappa shape index (κ2) is 5.30. The molecule has 1 aliphatic rings. The van der Waals surface area contributed by atoms with Crippen LogP contribution in [-0.2, 0) is 4.79 Å². The van der Waals surface area contributed by atoms with Gasteiger partial charge in [-0.15, -0.1) is 0 Å². The summed E-state index contributed by atoms with van der Waals surface area (Å²) < 4.78 is 0. The Bertz CT molecular complexity index is 512. The molecule has 1 aromatic carbocycles. The summed E-state index contributed by atoms with van der Waals surface area (Å²) in [5.41, 5.74) is 1.10. The molecule has 1 unspecified atom stereocenters. The van der Waals surface area contributed by atoms with Crippen LogP contribution in [0.1, 0.15) is 35.2 Å². The van der Waals surface area contributed by atoms with E-state index >= 15 is 0 Å². The Kier molecular flexibility index (Phi) is 3.74. The standard InChI is InChI=1S/C14H17NO4/c1-9-8-10(16)5-6-11(9)13(17)15-7-3-2-4-12(15)14(18)19/h5-6,8,12,16H,2-4,7H2,1H3,(H,18,19). The van der Waals surface area contributed by atoms with Gasteiger partial charge in [-0.3, -0.25) is 4.79 Å². The van der Waals surface area contributed by atoms with E-state index in [1.165, 1.54) is 17.0 Å². The minimum absolute atomic E-state index is 0.0995. The van der Waals surface area contributed by atoms with Crippen LogP contribution in [-0.4, -0.2) is 39.6 Å². The van der Waals surface area contributed by atoms with E-state index < -0.39 is 12.0 Å². The van der Waals surface area contributed by atoms with Crippen LogP contribution in [0.4, 0.5) is 0 Å². The molecule has 1 saturated heterocycles. The number of carboxylic acid groups (broad SMARTS) is 1. The second-order valence-electron chi connectivity index (χ2n) is 4.85. The summed E-state index contributed by atoms with van der Waals surface area (Å²) in [6.45, 7) is 2.20. The normalized spacial score (nSPS) is 19.2. The van der Waals surface area contributed by atoms with E-state index in [4.69, 9.17) is 0 Å². The first-order valence-corrected chi connectivity index (χ1v) is 6.34. The van der Waals surface area contributed by atoms with Crippen LogP contribution >= 0.6 is 0 Å². The summed E-state index contributed by atoms with van der Waals surface area (Å²) in [4.78, 5) is 25.1. The molecule has 5 nitrogen and oxygen atoms in total. The van der Waals surface area contributed by atoms with Gasteiger partial charge in [-0.05, 0) is 49.9 Å². The van der Waals surface area contributed by atoms with E-state index in [1.807, 2.05) is 0 Å². The van der Waals surface area contributed by atoms with Crippen LogP contribution in [0.15, 0.2) is 18.2 Å². The van der Waals surface area contributed by atoms with Crippen LogP contribution in [0.2, 0.25) is 0 Å². The smallest absolute Gasteiger partial charge is 0.326 e. The second-order valence-corrected chi connectivity index (χ2v) is 4.85. The number of carbonyl (C=O) groups is 2. The van der Waals surface area contributed by atoms with Crippen LogP contribution in [0.3, 0.4) is 0 Å². The summed E-state index contributed by atoms with van der Waals surface area (Å²) >= 11 is 0. The fraction of sp³-hybridized carbons (Fsp3) is 0.429. The highest BCUT2D eigenvalue weighted by atomic mass is 16.4. The third kappa shape index (κ3) is 2.70. The van der Waals surface area contributed by atoms with Crippen molar-refractivity contribution < 1.29 is 19.8 Å². The highest BCUT2D eigenvalue weighted by Crippen LogP contribution is 2.23. The molecule has 1 heterocycles. The molecule has 2 N–H and O–H groups in total. The van der Waals surface area contributed by atoms with Gasteiger partial charge < -0.3 is 15.1 Å². The predicted molar refractivity (Wildman–Crippen MR) is 69.2 cm³/mol. The number of phenols is 1. The lowest BCUT2D eigenvalue weighted by Gasteiger charge is -2.33. The van der Waals surface area contributed by atoms with Crippen LogP contribution < -0.4 is 0 Å². The van der Waals surface area contributed by atoms with Crippen molar-refractivity contribution in [2.45, 2.75) is 32.2 Å². The van der Waals surface area contributed by atoms with E-state index in [0.717, 1.165) is 12.8 Å². The average molecular weight is 263 g/mol. The van der Waals surface area contributed by atoms with Crippen LogP contribution in [0.25, 0.3) is 0 Å². The zero-order valence-electron chi connectivity index (χ0n) is 10.8. The number of piperidine rings is 1. The molecule has 0 radical (unpaired) electrons. The van der Waals surface area contributed by atoms with Gasteiger partial charge in [0, 0.05) is 12.1 Å². The van der Waals surface area contributed by atoms with E-state index in [-0.39, 0.29) is 11.7 Å². The Balaban J connectivity index is 2.28. The molecule has 19 heavy (non-hydrogen) atoms. The molecule has 1 fully saturated rings. The number of carboxylic acids is 1.